The number of rotatable bonds is 1. The van der Waals surface area contributed by atoms with E-state index >= 15 is 0 Å². The first-order chi connectivity index (χ1) is 7.06. The minimum atomic E-state index is -0.0464. The zero-order valence-corrected chi connectivity index (χ0v) is 9.68. The molecule has 80 valence electrons. The lowest BCUT2D eigenvalue weighted by Crippen LogP contribution is -2.24. The molecule has 0 saturated heterocycles. The van der Waals surface area contributed by atoms with Gasteiger partial charge >= 0.3 is 0 Å². The van der Waals surface area contributed by atoms with Crippen molar-refractivity contribution in [3.8, 4) is 0 Å². The van der Waals surface area contributed by atoms with Gasteiger partial charge in [0.2, 0.25) is 0 Å². The molecule has 0 atom stereocenters. The summed E-state index contributed by atoms with van der Waals surface area (Å²) >= 11 is 5.06. The number of H-pyrrole nitrogens is 1. The fraction of sp³-hybridized carbons (Fsp3) is 0.444. The van der Waals surface area contributed by atoms with Crippen LogP contribution in [-0.4, -0.2) is 19.1 Å². The Morgan fingerprint density at radius 2 is 2.20 bits per heavy atom. The van der Waals surface area contributed by atoms with Crippen LogP contribution in [0.15, 0.2) is 4.79 Å². The molecule has 2 heterocycles. The van der Waals surface area contributed by atoms with Crippen molar-refractivity contribution >= 4 is 23.4 Å². The fourth-order valence-electron chi connectivity index (χ4n) is 1.70. The Kier molecular flexibility index (Phi) is 2.22. The zero-order chi connectivity index (χ0) is 11.2. The van der Waals surface area contributed by atoms with E-state index in [4.69, 9.17) is 12.2 Å². The van der Waals surface area contributed by atoms with Crippen molar-refractivity contribution in [2.24, 2.45) is 7.05 Å². The molecule has 0 amide bonds. The molecule has 0 aliphatic rings. The van der Waals surface area contributed by atoms with E-state index < -0.39 is 0 Å². The summed E-state index contributed by atoms with van der Waals surface area (Å²) in [7, 11) is 1.76. The first-order valence-corrected chi connectivity index (χ1v) is 5.13. The number of hydrogen-bond donors (Lipinski definition) is 1. The van der Waals surface area contributed by atoms with Gasteiger partial charge in [-0.25, -0.2) is 4.98 Å². The fourth-order valence-corrected chi connectivity index (χ4v) is 1.89. The highest BCUT2D eigenvalue weighted by atomic mass is 32.1. The minimum absolute atomic E-state index is 0.0464. The van der Waals surface area contributed by atoms with Crippen LogP contribution in [0.5, 0.6) is 0 Å². The van der Waals surface area contributed by atoms with Crippen molar-refractivity contribution in [2.45, 2.75) is 20.4 Å². The van der Waals surface area contributed by atoms with Gasteiger partial charge in [-0.3, -0.25) is 9.36 Å². The SMILES string of the molecule is CCn1c(C)nc2[nH]c(=S)n(C)c2c1=O. The van der Waals surface area contributed by atoms with Gasteiger partial charge in [0.1, 0.15) is 5.82 Å². The molecule has 0 bridgehead atoms. The van der Waals surface area contributed by atoms with E-state index in [9.17, 15) is 4.79 Å². The van der Waals surface area contributed by atoms with Gasteiger partial charge in [0.25, 0.3) is 5.56 Å². The first kappa shape index (κ1) is 10.1. The highest BCUT2D eigenvalue weighted by Gasteiger charge is 2.10. The van der Waals surface area contributed by atoms with Crippen molar-refractivity contribution in [3.63, 3.8) is 0 Å². The molecule has 0 aromatic carbocycles. The molecular weight excluding hydrogens is 212 g/mol. The Bertz CT molecular complexity index is 634. The summed E-state index contributed by atoms with van der Waals surface area (Å²) in [5.74, 6) is 0.701. The van der Waals surface area contributed by atoms with E-state index in [-0.39, 0.29) is 5.56 Å². The molecule has 2 aromatic heterocycles. The molecule has 2 rings (SSSR count). The van der Waals surface area contributed by atoms with Crippen LogP contribution in [0.2, 0.25) is 0 Å². The largest absolute Gasteiger partial charge is 0.315 e. The molecule has 0 radical (unpaired) electrons. The van der Waals surface area contributed by atoms with Gasteiger partial charge in [0.15, 0.2) is 15.9 Å². The van der Waals surface area contributed by atoms with Gasteiger partial charge < -0.3 is 9.55 Å². The van der Waals surface area contributed by atoms with E-state index in [1.165, 1.54) is 0 Å². The van der Waals surface area contributed by atoms with Crippen LogP contribution in [0.4, 0.5) is 0 Å². The number of fused-ring (bicyclic) bond motifs is 1. The van der Waals surface area contributed by atoms with Crippen molar-refractivity contribution in [1.29, 1.82) is 0 Å². The molecule has 6 heteroatoms. The number of aryl methyl sites for hydroxylation is 2. The van der Waals surface area contributed by atoms with Crippen LogP contribution in [0, 0.1) is 11.7 Å². The molecule has 5 nitrogen and oxygen atoms in total. The van der Waals surface area contributed by atoms with Crippen LogP contribution < -0.4 is 5.56 Å². The smallest absolute Gasteiger partial charge is 0.279 e. The summed E-state index contributed by atoms with van der Waals surface area (Å²) in [6.45, 7) is 4.35. The summed E-state index contributed by atoms with van der Waals surface area (Å²) in [6, 6.07) is 0. The van der Waals surface area contributed by atoms with Crippen LogP contribution >= 0.6 is 12.2 Å². The van der Waals surface area contributed by atoms with Gasteiger partial charge in [-0.2, -0.15) is 0 Å². The number of hydrogen-bond acceptors (Lipinski definition) is 3. The second-order valence-electron chi connectivity index (χ2n) is 3.39. The molecule has 15 heavy (non-hydrogen) atoms. The molecule has 1 N–H and O–H groups in total. The summed E-state index contributed by atoms with van der Waals surface area (Å²) in [5.41, 5.74) is 1.05. The third-order valence-electron chi connectivity index (χ3n) is 2.52. The van der Waals surface area contributed by atoms with E-state index in [2.05, 4.69) is 9.97 Å². The van der Waals surface area contributed by atoms with Gasteiger partial charge in [0.05, 0.1) is 0 Å². The number of nitrogens with one attached hydrogen (secondary N) is 1. The number of aromatic nitrogens is 4. The molecular formula is C9H12N4OS. The Labute approximate surface area is 91.4 Å². The number of imidazole rings is 1. The Hall–Kier alpha value is -1.43. The summed E-state index contributed by atoms with van der Waals surface area (Å²) < 4.78 is 3.80. The number of nitrogens with zero attached hydrogens (tertiary/aromatic N) is 3. The maximum absolute atomic E-state index is 12.1. The predicted octanol–water partition coefficient (Wildman–Crippen LogP) is 1.12. The normalized spacial score (nSPS) is 11.1. The highest BCUT2D eigenvalue weighted by molar-refractivity contribution is 7.71. The summed E-state index contributed by atoms with van der Waals surface area (Å²) in [6.07, 6.45) is 0. The van der Waals surface area contributed by atoms with Crippen molar-refractivity contribution in [1.82, 2.24) is 19.1 Å². The standard InChI is InChI=1S/C9H12N4OS/c1-4-13-5(2)10-7-6(8(13)14)12(3)9(15)11-7/h4H2,1-3H3,(H,11,15). The first-order valence-electron chi connectivity index (χ1n) is 4.72. The summed E-state index contributed by atoms with van der Waals surface area (Å²) in [4.78, 5) is 19.3. The van der Waals surface area contributed by atoms with Gasteiger partial charge in [-0.1, -0.05) is 0 Å². The van der Waals surface area contributed by atoms with E-state index in [0.29, 0.717) is 28.3 Å². The average Bonchev–Trinajstić information content (AvgIpc) is 2.43. The lowest BCUT2D eigenvalue weighted by molar-refractivity contribution is 0.681. The van der Waals surface area contributed by atoms with Crippen molar-refractivity contribution < 1.29 is 0 Å². The monoisotopic (exact) mass is 224 g/mol. The maximum Gasteiger partial charge on any atom is 0.279 e. The highest BCUT2D eigenvalue weighted by Crippen LogP contribution is 2.06. The van der Waals surface area contributed by atoms with Gasteiger partial charge in [-0.05, 0) is 26.1 Å². The molecule has 0 saturated carbocycles. The second-order valence-corrected chi connectivity index (χ2v) is 3.78. The van der Waals surface area contributed by atoms with Gasteiger partial charge in [-0.15, -0.1) is 0 Å². The predicted molar refractivity (Wildman–Crippen MR) is 60.6 cm³/mol. The van der Waals surface area contributed by atoms with Crippen LogP contribution in [-0.2, 0) is 13.6 Å². The van der Waals surface area contributed by atoms with Crippen molar-refractivity contribution in [3.05, 3.63) is 20.9 Å². The van der Waals surface area contributed by atoms with Crippen molar-refractivity contribution in [2.75, 3.05) is 0 Å². The second kappa shape index (κ2) is 3.30. The number of aromatic amines is 1. The van der Waals surface area contributed by atoms with Crippen LogP contribution in [0.25, 0.3) is 11.2 Å². The lowest BCUT2D eigenvalue weighted by atomic mass is 10.4. The van der Waals surface area contributed by atoms with E-state index in [0.717, 1.165) is 0 Å². The molecule has 0 aliphatic carbocycles. The zero-order valence-electron chi connectivity index (χ0n) is 8.87. The molecule has 0 fully saturated rings. The summed E-state index contributed by atoms with van der Waals surface area (Å²) in [5, 5.41) is 0. The van der Waals surface area contributed by atoms with Crippen LogP contribution in [0.3, 0.4) is 0 Å². The molecule has 0 unspecified atom stereocenters. The molecule has 0 spiro atoms. The Morgan fingerprint density at radius 3 is 2.80 bits per heavy atom. The van der Waals surface area contributed by atoms with Gasteiger partial charge in [0, 0.05) is 13.6 Å². The van der Waals surface area contributed by atoms with E-state index in [1.54, 1.807) is 16.2 Å². The Balaban J connectivity index is 3.06. The minimum Gasteiger partial charge on any atom is -0.315 e. The Morgan fingerprint density at radius 1 is 1.53 bits per heavy atom. The third-order valence-corrected chi connectivity index (χ3v) is 2.89. The van der Waals surface area contributed by atoms with E-state index in [1.807, 2.05) is 13.8 Å². The maximum atomic E-state index is 12.1. The quantitative estimate of drug-likeness (QED) is 0.738. The lowest BCUT2D eigenvalue weighted by Gasteiger charge is -2.05. The third kappa shape index (κ3) is 1.32. The van der Waals surface area contributed by atoms with Crippen LogP contribution in [0.1, 0.15) is 12.7 Å². The topological polar surface area (TPSA) is 55.6 Å². The average molecular weight is 224 g/mol. The molecule has 2 aromatic rings. The molecule has 0 aliphatic heterocycles.